The Morgan fingerprint density at radius 3 is 2.08 bits per heavy atom. The first-order chi connectivity index (χ1) is 12.4. The van der Waals surface area contributed by atoms with Gasteiger partial charge in [-0.15, -0.1) is 0 Å². The van der Waals surface area contributed by atoms with Gasteiger partial charge in [-0.1, -0.05) is 12.8 Å². The molecule has 3 rings (SSSR count). The first-order valence-corrected chi connectivity index (χ1v) is 9.45. The van der Waals surface area contributed by atoms with Gasteiger partial charge in [-0.2, -0.15) is 0 Å². The zero-order valence-corrected chi connectivity index (χ0v) is 15.5. The van der Waals surface area contributed by atoms with Gasteiger partial charge in [0.05, 0.1) is 0 Å². The SMILES string of the molecule is CC(=O)Nc1cc(NC(C)=O)cc(C(=O)N2CCC[C@@H]3CCCC[C@H]32)c1. The number of anilines is 2. The molecule has 0 unspecified atom stereocenters. The van der Waals surface area contributed by atoms with Gasteiger partial charge in [-0.05, 0) is 49.8 Å². The van der Waals surface area contributed by atoms with E-state index >= 15 is 0 Å². The van der Waals surface area contributed by atoms with Crippen molar-refractivity contribution in [3.63, 3.8) is 0 Å². The third-order valence-electron chi connectivity index (χ3n) is 5.32. The Balaban J connectivity index is 1.89. The fourth-order valence-corrected chi connectivity index (χ4v) is 4.34. The largest absolute Gasteiger partial charge is 0.335 e. The van der Waals surface area contributed by atoms with Gasteiger partial charge in [0.25, 0.3) is 5.91 Å². The summed E-state index contributed by atoms with van der Waals surface area (Å²) in [6.45, 7) is 3.62. The van der Waals surface area contributed by atoms with Crippen LogP contribution in [0.2, 0.25) is 0 Å². The van der Waals surface area contributed by atoms with E-state index in [1.807, 2.05) is 4.90 Å². The summed E-state index contributed by atoms with van der Waals surface area (Å²) in [6, 6.07) is 5.38. The Morgan fingerprint density at radius 2 is 1.46 bits per heavy atom. The highest BCUT2D eigenvalue weighted by atomic mass is 16.2. The highest BCUT2D eigenvalue weighted by molar-refractivity contribution is 6.00. The predicted octanol–water partition coefficient (Wildman–Crippen LogP) is 3.40. The molecule has 1 aromatic rings. The van der Waals surface area contributed by atoms with Gasteiger partial charge in [0.15, 0.2) is 0 Å². The molecule has 6 nitrogen and oxygen atoms in total. The summed E-state index contributed by atoms with van der Waals surface area (Å²) >= 11 is 0. The molecule has 0 radical (unpaired) electrons. The summed E-state index contributed by atoms with van der Waals surface area (Å²) < 4.78 is 0. The van der Waals surface area contributed by atoms with Crippen molar-refractivity contribution >= 4 is 29.1 Å². The highest BCUT2D eigenvalue weighted by Gasteiger charge is 2.36. The van der Waals surface area contributed by atoms with Crippen molar-refractivity contribution < 1.29 is 14.4 Å². The van der Waals surface area contributed by atoms with Crippen molar-refractivity contribution in [2.24, 2.45) is 5.92 Å². The van der Waals surface area contributed by atoms with E-state index in [0.717, 1.165) is 19.4 Å². The molecular weight excluding hydrogens is 330 g/mol. The van der Waals surface area contributed by atoms with Crippen molar-refractivity contribution in [2.45, 2.75) is 58.4 Å². The van der Waals surface area contributed by atoms with Crippen LogP contribution in [0.3, 0.4) is 0 Å². The maximum atomic E-state index is 13.2. The number of carbonyl (C=O) groups is 3. The van der Waals surface area contributed by atoms with E-state index in [-0.39, 0.29) is 17.7 Å². The first-order valence-electron chi connectivity index (χ1n) is 9.45. The first kappa shape index (κ1) is 18.4. The molecule has 1 aromatic carbocycles. The lowest BCUT2D eigenvalue weighted by atomic mass is 9.78. The molecule has 6 heteroatoms. The molecule has 0 aromatic heterocycles. The molecule has 3 amide bonds. The molecule has 1 heterocycles. The summed E-state index contributed by atoms with van der Waals surface area (Å²) in [6.07, 6.45) is 6.95. The van der Waals surface area contributed by atoms with Crippen molar-refractivity contribution in [1.82, 2.24) is 4.90 Å². The number of hydrogen-bond acceptors (Lipinski definition) is 3. The second-order valence-corrected chi connectivity index (χ2v) is 7.41. The van der Waals surface area contributed by atoms with Crippen LogP contribution in [-0.4, -0.2) is 35.2 Å². The molecule has 1 saturated carbocycles. The molecular formula is C20H27N3O3. The summed E-state index contributed by atoms with van der Waals surface area (Å²) in [7, 11) is 0. The fraction of sp³-hybridized carbons (Fsp3) is 0.550. The Bertz CT molecular complexity index is 680. The molecule has 1 aliphatic carbocycles. The van der Waals surface area contributed by atoms with Crippen LogP contribution in [0.5, 0.6) is 0 Å². The Hall–Kier alpha value is -2.37. The topological polar surface area (TPSA) is 78.5 Å². The van der Waals surface area contributed by atoms with Crippen LogP contribution in [-0.2, 0) is 9.59 Å². The summed E-state index contributed by atoms with van der Waals surface area (Å²) in [5, 5.41) is 5.42. The lowest BCUT2D eigenvalue weighted by Crippen LogP contribution is -2.49. The Labute approximate surface area is 154 Å². The Kier molecular flexibility index (Phi) is 5.59. The van der Waals surface area contributed by atoms with E-state index in [1.165, 1.54) is 39.5 Å². The van der Waals surface area contributed by atoms with Crippen LogP contribution >= 0.6 is 0 Å². The number of fused-ring (bicyclic) bond motifs is 1. The lowest BCUT2D eigenvalue weighted by molar-refractivity contribution is -0.115. The average molecular weight is 357 g/mol. The van der Waals surface area contributed by atoms with Crippen LogP contribution in [0.4, 0.5) is 11.4 Å². The Morgan fingerprint density at radius 1 is 0.885 bits per heavy atom. The van der Waals surface area contributed by atoms with Crippen LogP contribution in [0, 0.1) is 5.92 Å². The van der Waals surface area contributed by atoms with Gasteiger partial charge in [0.1, 0.15) is 0 Å². The molecule has 140 valence electrons. The van der Waals surface area contributed by atoms with Crippen LogP contribution in [0.1, 0.15) is 62.7 Å². The minimum atomic E-state index is -0.214. The van der Waals surface area contributed by atoms with E-state index in [2.05, 4.69) is 10.6 Å². The molecule has 0 bridgehead atoms. The predicted molar refractivity (Wildman–Crippen MR) is 101 cm³/mol. The van der Waals surface area contributed by atoms with E-state index in [4.69, 9.17) is 0 Å². The van der Waals surface area contributed by atoms with Gasteiger partial charge in [0.2, 0.25) is 11.8 Å². The van der Waals surface area contributed by atoms with Crippen molar-refractivity contribution in [3.05, 3.63) is 23.8 Å². The van der Waals surface area contributed by atoms with Gasteiger partial charge in [-0.25, -0.2) is 0 Å². The van der Waals surface area contributed by atoms with E-state index in [9.17, 15) is 14.4 Å². The molecule has 1 aliphatic heterocycles. The highest BCUT2D eigenvalue weighted by Crippen LogP contribution is 2.36. The number of carbonyl (C=O) groups excluding carboxylic acids is 3. The molecule has 2 fully saturated rings. The summed E-state index contributed by atoms with van der Waals surface area (Å²) in [5.74, 6) is 0.164. The van der Waals surface area contributed by atoms with Crippen LogP contribution in [0.25, 0.3) is 0 Å². The lowest BCUT2D eigenvalue weighted by Gasteiger charge is -2.44. The normalized spacial score (nSPS) is 22.3. The number of rotatable bonds is 3. The monoisotopic (exact) mass is 357 g/mol. The number of hydrogen-bond donors (Lipinski definition) is 2. The zero-order chi connectivity index (χ0) is 18.7. The second kappa shape index (κ2) is 7.89. The van der Waals surface area contributed by atoms with Gasteiger partial charge in [-0.3, -0.25) is 14.4 Å². The number of amides is 3. The van der Waals surface area contributed by atoms with Crippen LogP contribution in [0.15, 0.2) is 18.2 Å². The fourth-order valence-electron chi connectivity index (χ4n) is 4.34. The average Bonchev–Trinajstić information content (AvgIpc) is 2.59. The third-order valence-corrected chi connectivity index (χ3v) is 5.32. The van der Waals surface area contributed by atoms with Gasteiger partial charge < -0.3 is 15.5 Å². The van der Waals surface area contributed by atoms with E-state index < -0.39 is 0 Å². The van der Waals surface area contributed by atoms with Crippen molar-refractivity contribution in [3.8, 4) is 0 Å². The van der Waals surface area contributed by atoms with Crippen LogP contribution < -0.4 is 10.6 Å². The van der Waals surface area contributed by atoms with E-state index in [0.29, 0.717) is 28.9 Å². The minimum Gasteiger partial charge on any atom is -0.335 e. The second-order valence-electron chi connectivity index (χ2n) is 7.41. The minimum absolute atomic E-state index is 0.0135. The molecule has 2 aliphatic rings. The maximum absolute atomic E-state index is 13.2. The van der Waals surface area contributed by atoms with Crippen molar-refractivity contribution in [2.75, 3.05) is 17.2 Å². The summed E-state index contributed by atoms with van der Waals surface area (Å²) in [4.78, 5) is 38.1. The van der Waals surface area contributed by atoms with Crippen molar-refractivity contribution in [1.29, 1.82) is 0 Å². The number of nitrogens with zero attached hydrogens (tertiary/aromatic N) is 1. The number of benzene rings is 1. The van der Waals surface area contributed by atoms with E-state index in [1.54, 1.807) is 18.2 Å². The number of nitrogens with one attached hydrogen (secondary N) is 2. The molecule has 0 spiro atoms. The third kappa shape index (κ3) is 4.23. The van der Waals surface area contributed by atoms with Gasteiger partial charge in [0, 0.05) is 43.4 Å². The number of piperidine rings is 1. The quantitative estimate of drug-likeness (QED) is 0.870. The molecule has 26 heavy (non-hydrogen) atoms. The molecule has 1 saturated heterocycles. The smallest absolute Gasteiger partial charge is 0.254 e. The molecule has 2 N–H and O–H groups in total. The molecule has 2 atom stereocenters. The maximum Gasteiger partial charge on any atom is 0.254 e. The summed E-state index contributed by atoms with van der Waals surface area (Å²) in [5.41, 5.74) is 1.54. The van der Waals surface area contributed by atoms with Gasteiger partial charge >= 0.3 is 0 Å². The standard InChI is InChI=1S/C20H27N3O3/c1-13(24)21-17-10-16(11-18(12-17)22-14(2)25)20(26)23-9-5-7-15-6-3-4-8-19(15)23/h10-12,15,19H,3-9H2,1-2H3,(H,21,24)(H,22,25)/t15-,19+/m0/s1. The zero-order valence-electron chi connectivity index (χ0n) is 15.5. The number of likely N-dealkylation sites (tertiary alicyclic amines) is 1.